The fourth-order valence-corrected chi connectivity index (χ4v) is 4.69. The van der Waals surface area contributed by atoms with Gasteiger partial charge in [-0.15, -0.1) is 0 Å². The molecule has 8 nitrogen and oxygen atoms in total. The second-order valence-corrected chi connectivity index (χ2v) is 8.81. The fraction of sp³-hybridized carbons (Fsp3) is 0.423. The van der Waals surface area contributed by atoms with Crippen molar-refractivity contribution in [1.82, 2.24) is 24.8 Å². The van der Waals surface area contributed by atoms with Crippen molar-refractivity contribution in [3.8, 4) is 5.75 Å². The van der Waals surface area contributed by atoms with Crippen LogP contribution in [0.4, 0.5) is 19.1 Å². The predicted octanol–water partition coefficient (Wildman–Crippen LogP) is 4.36. The molecule has 0 atom stereocenters. The molecular weight excluding hydrogens is 485 g/mol. The van der Waals surface area contributed by atoms with E-state index in [2.05, 4.69) is 19.9 Å². The van der Waals surface area contributed by atoms with Crippen molar-refractivity contribution in [1.29, 1.82) is 0 Å². The number of aromatic nitrogens is 4. The van der Waals surface area contributed by atoms with Crippen LogP contribution in [0.2, 0.25) is 0 Å². The second-order valence-electron chi connectivity index (χ2n) is 8.81. The zero-order valence-corrected chi connectivity index (χ0v) is 21.0. The van der Waals surface area contributed by atoms with Gasteiger partial charge in [-0.05, 0) is 50.5 Å². The van der Waals surface area contributed by atoms with Gasteiger partial charge in [-0.3, -0.25) is 4.79 Å². The van der Waals surface area contributed by atoms with Gasteiger partial charge in [0.25, 0.3) is 5.91 Å². The van der Waals surface area contributed by atoms with E-state index in [0.29, 0.717) is 56.2 Å². The predicted molar refractivity (Wildman–Crippen MR) is 132 cm³/mol. The zero-order valence-electron chi connectivity index (χ0n) is 21.0. The van der Waals surface area contributed by atoms with E-state index in [1.165, 1.54) is 0 Å². The number of piperidine rings is 1. The number of alkyl halides is 3. The largest absolute Gasteiger partial charge is 0.497 e. The van der Waals surface area contributed by atoms with Crippen molar-refractivity contribution >= 4 is 11.9 Å². The minimum atomic E-state index is -4.55. The maximum Gasteiger partial charge on any atom is 0.433 e. The lowest BCUT2D eigenvalue weighted by Gasteiger charge is -2.41. The van der Waals surface area contributed by atoms with Crippen LogP contribution in [0.5, 0.6) is 5.75 Å². The number of carbonyl (C=O) groups excluding carboxylic acids is 1. The first-order chi connectivity index (χ1) is 17.7. The summed E-state index contributed by atoms with van der Waals surface area (Å²) >= 11 is 0. The molecule has 0 spiro atoms. The summed E-state index contributed by atoms with van der Waals surface area (Å²) in [6.45, 7) is 5.77. The van der Waals surface area contributed by atoms with Crippen LogP contribution >= 0.6 is 0 Å². The van der Waals surface area contributed by atoms with Gasteiger partial charge in [0.2, 0.25) is 5.95 Å². The molecule has 0 saturated carbocycles. The number of rotatable bonds is 7. The Morgan fingerprint density at radius 2 is 1.76 bits per heavy atom. The first kappa shape index (κ1) is 26.3. The molecule has 3 aromatic rings. The number of hydrogen-bond acceptors (Lipinski definition) is 7. The van der Waals surface area contributed by atoms with Crippen molar-refractivity contribution in [3.63, 3.8) is 0 Å². The van der Waals surface area contributed by atoms with E-state index < -0.39 is 17.3 Å². The van der Waals surface area contributed by atoms with Gasteiger partial charge in [-0.2, -0.15) is 13.2 Å². The third kappa shape index (κ3) is 5.35. The van der Waals surface area contributed by atoms with E-state index in [-0.39, 0.29) is 11.9 Å². The number of anilines is 1. The molecule has 1 aliphatic rings. The van der Waals surface area contributed by atoms with Crippen molar-refractivity contribution < 1.29 is 22.7 Å². The van der Waals surface area contributed by atoms with E-state index in [1.54, 1.807) is 29.3 Å². The number of nitrogens with zero attached hydrogens (tertiary/aromatic N) is 6. The number of carbonyl (C=O) groups is 1. The van der Waals surface area contributed by atoms with Crippen molar-refractivity contribution in [2.75, 3.05) is 38.2 Å². The first-order valence-corrected chi connectivity index (χ1v) is 12.1. The Kier molecular flexibility index (Phi) is 7.60. The quantitative estimate of drug-likeness (QED) is 0.463. The highest BCUT2D eigenvalue weighted by Gasteiger charge is 2.42. The maximum absolute atomic E-state index is 13.2. The van der Waals surface area contributed by atoms with Crippen LogP contribution in [0, 0.1) is 0 Å². The maximum atomic E-state index is 13.2. The molecule has 196 valence electrons. The molecule has 1 aromatic carbocycles. The van der Waals surface area contributed by atoms with Gasteiger partial charge >= 0.3 is 6.18 Å². The lowest BCUT2D eigenvalue weighted by Crippen LogP contribution is -2.45. The summed E-state index contributed by atoms with van der Waals surface area (Å²) in [5, 5.41) is 0. The highest BCUT2D eigenvalue weighted by molar-refractivity contribution is 5.93. The molecule has 0 radical (unpaired) electrons. The minimum Gasteiger partial charge on any atom is -0.497 e. The van der Waals surface area contributed by atoms with E-state index >= 15 is 0 Å². The Morgan fingerprint density at radius 3 is 2.35 bits per heavy atom. The van der Waals surface area contributed by atoms with Crippen molar-refractivity contribution in [2.45, 2.75) is 38.3 Å². The number of methoxy groups -OCH3 is 1. The Balaban J connectivity index is 1.67. The van der Waals surface area contributed by atoms with Crippen LogP contribution < -0.4 is 9.64 Å². The van der Waals surface area contributed by atoms with Gasteiger partial charge in [-0.25, -0.2) is 19.9 Å². The van der Waals surface area contributed by atoms with E-state index in [4.69, 9.17) is 4.74 Å². The summed E-state index contributed by atoms with van der Waals surface area (Å²) < 4.78 is 45.0. The molecule has 0 N–H and O–H groups in total. The van der Waals surface area contributed by atoms with Gasteiger partial charge in [0, 0.05) is 44.8 Å². The van der Waals surface area contributed by atoms with Crippen LogP contribution in [-0.4, -0.2) is 64.0 Å². The summed E-state index contributed by atoms with van der Waals surface area (Å²) in [6, 6.07) is 8.49. The molecule has 0 aliphatic carbocycles. The lowest BCUT2D eigenvalue weighted by molar-refractivity contribution is -0.141. The number of benzene rings is 1. The molecular formula is C26H29F3N6O2. The highest BCUT2D eigenvalue weighted by Crippen LogP contribution is 2.42. The molecule has 1 saturated heterocycles. The topological polar surface area (TPSA) is 84.3 Å². The number of ether oxygens (including phenoxy) is 1. The fourth-order valence-electron chi connectivity index (χ4n) is 4.69. The van der Waals surface area contributed by atoms with E-state index in [9.17, 15) is 18.0 Å². The molecule has 4 rings (SSSR count). The number of amides is 1. The molecule has 11 heteroatoms. The molecule has 2 aromatic heterocycles. The van der Waals surface area contributed by atoms with Gasteiger partial charge in [0.1, 0.15) is 17.3 Å². The van der Waals surface area contributed by atoms with Crippen LogP contribution in [-0.2, 0) is 11.6 Å². The highest BCUT2D eigenvalue weighted by atomic mass is 19.4. The zero-order chi connectivity index (χ0) is 26.6. The Labute approximate surface area is 213 Å². The third-order valence-corrected chi connectivity index (χ3v) is 6.83. The van der Waals surface area contributed by atoms with Crippen LogP contribution in [0.3, 0.4) is 0 Å². The molecule has 1 fully saturated rings. The Hall–Kier alpha value is -3.76. The van der Waals surface area contributed by atoms with E-state index in [1.807, 2.05) is 38.1 Å². The van der Waals surface area contributed by atoms with Gasteiger partial charge in [-0.1, -0.05) is 12.1 Å². The Morgan fingerprint density at radius 1 is 1.08 bits per heavy atom. The molecule has 0 bridgehead atoms. The average Bonchev–Trinajstić information content (AvgIpc) is 2.93. The van der Waals surface area contributed by atoms with Crippen LogP contribution in [0.15, 0.2) is 48.9 Å². The summed E-state index contributed by atoms with van der Waals surface area (Å²) in [5.74, 6) is 1.12. The molecule has 1 amide bonds. The first-order valence-electron chi connectivity index (χ1n) is 12.1. The average molecular weight is 515 g/mol. The van der Waals surface area contributed by atoms with Crippen LogP contribution in [0.1, 0.15) is 54.1 Å². The summed E-state index contributed by atoms with van der Waals surface area (Å²) in [7, 11) is 1.59. The normalized spacial score (nSPS) is 15.4. The second kappa shape index (κ2) is 10.7. The third-order valence-electron chi connectivity index (χ3n) is 6.83. The van der Waals surface area contributed by atoms with Crippen molar-refractivity contribution in [3.05, 3.63) is 71.6 Å². The van der Waals surface area contributed by atoms with Gasteiger partial charge in [0.05, 0.1) is 18.1 Å². The SMILES string of the molecule is CCN(CC)C(=O)c1cnc(C2(c3cccc(OC)c3)CCN(c3nccc(C(F)(F)F)n3)CC2)nc1. The summed E-state index contributed by atoms with van der Waals surface area (Å²) in [4.78, 5) is 33.3. The summed E-state index contributed by atoms with van der Waals surface area (Å²) in [5.41, 5.74) is -0.273. The Bertz CT molecular complexity index is 1220. The number of hydrogen-bond donors (Lipinski definition) is 0. The van der Waals surface area contributed by atoms with Crippen molar-refractivity contribution in [2.24, 2.45) is 0 Å². The lowest BCUT2D eigenvalue weighted by atomic mass is 9.72. The molecule has 3 heterocycles. The minimum absolute atomic E-state index is 0.0372. The monoisotopic (exact) mass is 514 g/mol. The van der Waals surface area contributed by atoms with Gasteiger partial charge < -0.3 is 14.5 Å². The van der Waals surface area contributed by atoms with Gasteiger partial charge in [0.15, 0.2) is 0 Å². The smallest absolute Gasteiger partial charge is 0.433 e. The molecule has 1 aliphatic heterocycles. The van der Waals surface area contributed by atoms with Crippen LogP contribution in [0.25, 0.3) is 0 Å². The molecule has 37 heavy (non-hydrogen) atoms. The van der Waals surface area contributed by atoms with E-state index in [0.717, 1.165) is 17.8 Å². The standard InChI is InChI=1S/C26H29F3N6O2/c1-4-34(5-2)22(36)18-16-31-23(32-17-18)25(19-7-6-8-20(15-19)37-3)10-13-35(14-11-25)24-30-12-9-21(33-24)26(27,28)29/h6-9,12,15-17H,4-5,10-11,13-14H2,1-3H3. The number of halogens is 3. The molecule has 0 unspecified atom stereocenters. The summed E-state index contributed by atoms with van der Waals surface area (Å²) in [6.07, 6.45) is 0.687.